The van der Waals surface area contributed by atoms with Gasteiger partial charge < -0.3 is 18.9 Å². The van der Waals surface area contributed by atoms with Crippen LogP contribution in [0.15, 0.2) is 81.2 Å². The van der Waals surface area contributed by atoms with Gasteiger partial charge in [0.25, 0.3) is 5.91 Å². The first kappa shape index (κ1) is 41.8. The number of aromatic nitrogens is 9. The summed E-state index contributed by atoms with van der Waals surface area (Å²) < 4.78 is 56.1. The summed E-state index contributed by atoms with van der Waals surface area (Å²) in [5.74, 6) is -1.38. The molecule has 1 saturated carbocycles. The molecule has 18 heteroatoms. The van der Waals surface area contributed by atoms with Crippen LogP contribution in [-0.2, 0) is 28.0 Å². The highest BCUT2D eigenvalue weighted by Gasteiger charge is 2.59. The van der Waals surface area contributed by atoms with Crippen molar-refractivity contribution in [1.82, 2.24) is 48.3 Å². The highest BCUT2D eigenvalue weighted by Crippen LogP contribution is 2.56. The number of hydrogen-bond donors (Lipinski definition) is 1. The molecule has 0 unspecified atom stereocenters. The minimum atomic E-state index is -1.07. The molecule has 11 rings (SSSR count). The highest BCUT2D eigenvalue weighted by molar-refractivity contribution is 6.00. The molecule has 1 N–H and O–H groups in total. The molecule has 3 aromatic carbocycles. The molecule has 8 aromatic rings. The van der Waals surface area contributed by atoms with Crippen molar-refractivity contribution in [2.45, 2.75) is 77.4 Å². The van der Waals surface area contributed by atoms with E-state index in [1.807, 2.05) is 42.8 Å². The van der Waals surface area contributed by atoms with Crippen molar-refractivity contribution in [2.24, 2.45) is 5.92 Å². The number of carbonyl (C=O) groups is 1. The lowest BCUT2D eigenvalue weighted by Gasteiger charge is -2.34. The Morgan fingerprint density at radius 3 is 2.44 bits per heavy atom. The van der Waals surface area contributed by atoms with Gasteiger partial charge in [-0.25, -0.2) is 23.1 Å². The summed E-state index contributed by atoms with van der Waals surface area (Å²) >= 11 is 0. The zero-order chi connectivity index (χ0) is 45.8. The lowest BCUT2D eigenvalue weighted by atomic mass is 9.91. The van der Waals surface area contributed by atoms with Crippen LogP contribution in [0.3, 0.4) is 0 Å². The Bertz CT molecular complexity index is 3340. The lowest BCUT2D eigenvalue weighted by molar-refractivity contribution is 0.0663. The number of amides is 1. The molecule has 3 aliphatic rings. The van der Waals surface area contributed by atoms with Gasteiger partial charge in [0.2, 0.25) is 0 Å². The third-order valence-electron chi connectivity index (χ3n) is 14.1. The van der Waals surface area contributed by atoms with Crippen molar-refractivity contribution in [3.8, 4) is 17.2 Å². The van der Waals surface area contributed by atoms with E-state index in [1.165, 1.54) is 4.57 Å². The van der Waals surface area contributed by atoms with Gasteiger partial charge in [-0.2, -0.15) is 10.2 Å². The van der Waals surface area contributed by atoms with Crippen LogP contribution in [-0.4, -0.2) is 87.7 Å². The minimum absolute atomic E-state index is 0.0938. The summed E-state index contributed by atoms with van der Waals surface area (Å²) in [5, 5.41) is 15.1. The molecule has 1 aliphatic carbocycles. The number of aryl methyl sites for hydroxylation is 2. The second-order valence-electron chi connectivity index (χ2n) is 18.0. The maximum absolute atomic E-state index is 16.9. The molecular weight excluding hydrogens is 851 g/mol. The van der Waals surface area contributed by atoms with E-state index in [2.05, 4.69) is 15.2 Å². The summed E-state index contributed by atoms with van der Waals surface area (Å²) in [6.07, 6.45) is 7.41. The third kappa shape index (κ3) is 6.43. The number of imidazole rings is 1. The molecular formula is C48H48F2N10O6. The minimum Gasteiger partial charge on any atom is -0.383 e. The molecule has 1 amide bonds. The average Bonchev–Trinajstić information content (AvgIpc) is 3.96. The van der Waals surface area contributed by atoms with Crippen LogP contribution < -0.4 is 11.4 Å². The zero-order valence-corrected chi connectivity index (χ0v) is 37.2. The maximum atomic E-state index is 16.9. The average molecular weight is 899 g/mol. The Morgan fingerprint density at radius 2 is 1.73 bits per heavy atom. The Balaban J connectivity index is 1.05. The number of benzene rings is 3. The van der Waals surface area contributed by atoms with Crippen LogP contribution in [0.25, 0.3) is 39.0 Å². The van der Waals surface area contributed by atoms with E-state index in [0.29, 0.717) is 84.2 Å². The van der Waals surface area contributed by atoms with Gasteiger partial charge in [0, 0.05) is 62.0 Å². The summed E-state index contributed by atoms with van der Waals surface area (Å²) in [6.45, 7) is 9.71. The topological polar surface area (TPSA) is 165 Å². The molecule has 1 saturated heterocycles. The zero-order valence-electron chi connectivity index (χ0n) is 37.2. The number of nitrogens with zero attached hydrogens (tertiary/aromatic N) is 9. The van der Waals surface area contributed by atoms with Crippen molar-refractivity contribution in [3.63, 3.8) is 0 Å². The second-order valence-corrected chi connectivity index (χ2v) is 18.0. The molecule has 16 nitrogen and oxygen atoms in total. The standard InChI is InChI=1S/C48H48F2N10O6/c1-26-18-35(19-27(2)41(26)50)60-43(57-13-12-56(47(57)63)34-6-7-38-33(21-34)25-51-58(38)14-17-64-5)40-29(4)55(11-8-37(40)53-60)44(61)39-23-32-20-31(30-9-15-65-16-10-30)22-36(49)42(32)59(39)48(24-28(48)3)45-52-46(62)66-54-45/h6-7,12-13,18-23,25,28-30H,8-11,14-17,24H2,1-5H3,(H,52,54,62)/t28-,29-,48-/m0/s1. The SMILES string of the molecule is COCCn1ncc2cc(-n3ccn(-c4c5c(nn4-c4cc(C)c(F)c(C)c4)CCN(C(=O)c4cc6cc(C7CCOCC7)cc(F)c6n4[C@@]4(c6noc(=O)[nH]6)C[C@@H]4C)[C@H]5C)c3=O)ccc21. The highest BCUT2D eigenvalue weighted by atomic mass is 19.1. The Kier molecular flexibility index (Phi) is 9.88. The number of rotatable bonds is 10. The van der Waals surface area contributed by atoms with Crippen molar-refractivity contribution in [2.75, 3.05) is 33.5 Å². The first-order valence-corrected chi connectivity index (χ1v) is 22.3. The molecule has 66 heavy (non-hydrogen) atoms. The van der Waals surface area contributed by atoms with Crippen LogP contribution >= 0.6 is 0 Å². The van der Waals surface area contributed by atoms with Crippen molar-refractivity contribution in [1.29, 1.82) is 0 Å². The maximum Gasteiger partial charge on any atom is 0.438 e. The number of nitrogens with one attached hydrogen (secondary N) is 1. The first-order chi connectivity index (χ1) is 31.9. The lowest BCUT2D eigenvalue weighted by Crippen LogP contribution is -2.41. The van der Waals surface area contributed by atoms with E-state index in [9.17, 15) is 9.59 Å². The number of ether oxygens (including phenoxy) is 2. The number of carbonyl (C=O) groups excluding carboxylic acids is 1. The van der Waals surface area contributed by atoms with Gasteiger partial charge in [-0.05, 0) is 117 Å². The molecule has 0 spiro atoms. The Hall–Kier alpha value is -6.92. The Labute approximate surface area is 375 Å². The number of fused-ring (bicyclic) bond motifs is 3. The quantitative estimate of drug-likeness (QED) is 0.156. The molecule has 7 heterocycles. The van der Waals surface area contributed by atoms with Gasteiger partial charge in [-0.1, -0.05) is 12.1 Å². The summed E-state index contributed by atoms with van der Waals surface area (Å²) in [6, 6.07) is 13.7. The van der Waals surface area contributed by atoms with Gasteiger partial charge in [0.05, 0.1) is 53.5 Å². The van der Waals surface area contributed by atoms with Crippen LogP contribution in [0.1, 0.15) is 89.3 Å². The van der Waals surface area contributed by atoms with Crippen LogP contribution in [0.2, 0.25) is 0 Å². The van der Waals surface area contributed by atoms with E-state index < -0.39 is 28.8 Å². The molecule has 3 atom stereocenters. The number of hydrogen-bond acceptors (Lipinski definition) is 9. The fourth-order valence-electron chi connectivity index (χ4n) is 10.6. The number of methoxy groups -OCH3 is 1. The van der Waals surface area contributed by atoms with Gasteiger partial charge in [-0.3, -0.25) is 28.1 Å². The third-order valence-corrected chi connectivity index (χ3v) is 14.1. The smallest absolute Gasteiger partial charge is 0.383 e. The Morgan fingerprint density at radius 1 is 0.970 bits per heavy atom. The van der Waals surface area contributed by atoms with Gasteiger partial charge in [0.15, 0.2) is 5.82 Å². The number of halogens is 2. The van der Waals surface area contributed by atoms with Gasteiger partial charge in [-0.15, -0.1) is 0 Å². The monoisotopic (exact) mass is 898 g/mol. The number of H-pyrrole nitrogens is 1. The normalized spacial score (nSPS) is 19.9. The van der Waals surface area contributed by atoms with Crippen LogP contribution in [0, 0.1) is 31.4 Å². The van der Waals surface area contributed by atoms with Crippen molar-refractivity contribution in [3.05, 3.63) is 139 Å². The van der Waals surface area contributed by atoms with E-state index in [0.717, 1.165) is 29.3 Å². The largest absolute Gasteiger partial charge is 0.438 e. The van der Waals surface area contributed by atoms with E-state index >= 15 is 13.6 Å². The van der Waals surface area contributed by atoms with E-state index in [-0.39, 0.29) is 47.1 Å². The molecule has 2 fully saturated rings. The predicted molar refractivity (Wildman–Crippen MR) is 239 cm³/mol. The van der Waals surface area contributed by atoms with E-state index in [1.54, 1.807) is 82.5 Å². The predicted octanol–water partition coefficient (Wildman–Crippen LogP) is 6.77. The summed E-state index contributed by atoms with van der Waals surface area (Å²) in [7, 11) is 1.64. The molecule has 0 bridgehead atoms. The van der Waals surface area contributed by atoms with Crippen LogP contribution in [0.5, 0.6) is 0 Å². The molecule has 2 aliphatic heterocycles. The van der Waals surface area contributed by atoms with Gasteiger partial charge in [0.1, 0.15) is 28.7 Å². The molecule has 340 valence electrons. The van der Waals surface area contributed by atoms with Crippen LogP contribution in [0.4, 0.5) is 8.78 Å². The summed E-state index contributed by atoms with van der Waals surface area (Å²) in [4.78, 5) is 47.1. The second kappa shape index (κ2) is 15.6. The molecule has 5 aromatic heterocycles. The number of aromatic amines is 1. The van der Waals surface area contributed by atoms with Crippen molar-refractivity contribution < 1.29 is 27.6 Å². The van der Waals surface area contributed by atoms with Gasteiger partial charge >= 0.3 is 11.4 Å². The fraction of sp³-hybridized carbons (Fsp3) is 0.375. The summed E-state index contributed by atoms with van der Waals surface area (Å²) in [5.41, 5.74) is 4.02. The van der Waals surface area contributed by atoms with Crippen molar-refractivity contribution >= 4 is 27.7 Å². The van der Waals surface area contributed by atoms with E-state index in [4.69, 9.17) is 19.1 Å². The fourth-order valence-corrected chi connectivity index (χ4v) is 10.6. The molecule has 0 radical (unpaired) electrons. The first-order valence-electron chi connectivity index (χ1n) is 22.3.